The molecule has 0 aliphatic carbocycles. The van der Waals surface area contributed by atoms with Crippen molar-refractivity contribution < 1.29 is 28.2 Å². The number of nitrogens with zero attached hydrogens (tertiary/aromatic N) is 4. The highest BCUT2D eigenvalue weighted by molar-refractivity contribution is 7.32. The number of hydrogen-bond donors (Lipinski definition) is 2. The van der Waals surface area contributed by atoms with E-state index in [0.29, 0.717) is 17.0 Å². The molecule has 0 saturated carbocycles. The molecule has 2 unspecified atom stereocenters. The molecule has 5 aromatic rings. The van der Waals surface area contributed by atoms with Gasteiger partial charge in [-0.3, -0.25) is 9.13 Å². The largest absolute Gasteiger partial charge is 0.376 e. The Morgan fingerprint density at radius 2 is 1.42 bits per heavy atom. The number of ether oxygens (including phenoxy) is 3. The highest BCUT2D eigenvalue weighted by atomic mass is 31.1. The van der Waals surface area contributed by atoms with Crippen LogP contribution < -0.4 is 5.32 Å². The highest BCUT2D eigenvalue weighted by Gasteiger charge is 2.47. The number of nitrogens with one attached hydrogen (secondary N) is 1. The Balaban J connectivity index is 1.46. The zero-order chi connectivity index (χ0) is 29.8. The lowest BCUT2D eigenvalue weighted by atomic mass is 9.77. The lowest BCUT2D eigenvalue weighted by molar-refractivity contribution is -0.0561. The molecule has 0 amide bonds. The molecule has 1 saturated heterocycles. The minimum absolute atomic E-state index is 0.134. The van der Waals surface area contributed by atoms with Crippen LogP contribution in [0.4, 0.5) is 5.82 Å². The van der Waals surface area contributed by atoms with Crippen molar-refractivity contribution in [3.8, 4) is 0 Å². The van der Waals surface area contributed by atoms with Crippen LogP contribution in [0.3, 0.4) is 0 Å². The van der Waals surface area contributed by atoms with Crippen LogP contribution >= 0.6 is 8.25 Å². The van der Waals surface area contributed by atoms with Gasteiger partial charge in [-0.15, -0.1) is 0 Å². The van der Waals surface area contributed by atoms with E-state index in [4.69, 9.17) is 23.7 Å². The Labute approximate surface area is 249 Å². The summed E-state index contributed by atoms with van der Waals surface area (Å²) in [6, 6.07) is 30.6. The first-order valence-corrected chi connectivity index (χ1v) is 15.0. The molecule has 5 atom stereocenters. The van der Waals surface area contributed by atoms with E-state index in [-0.39, 0.29) is 6.61 Å². The molecule has 0 spiro atoms. The number of anilines is 1. The zero-order valence-electron chi connectivity index (χ0n) is 23.6. The van der Waals surface area contributed by atoms with Gasteiger partial charge < -0.3 is 28.9 Å². The third-order valence-corrected chi connectivity index (χ3v) is 8.17. The molecule has 3 aromatic carbocycles. The monoisotopic (exact) mass is 601 g/mol. The first kappa shape index (κ1) is 29.1. The van der Waals surface area contributed by atoms with E-state index in [1.807, 2.05) is 54.6 Å². The van der Waals surface area contributed by atoms with E-state index >= 15 is 0 Å². The van der Waals surface area contributed by atoms with Gasteiger partial charge in [0.15, 0.2) is 23.2 Å². The standard InChI is InChI=1S/C31H32N5O6P/c1-39-26-24(18-41-43(37)38)42-30(27(26)40-2)36-20-34-25-28(32-19-33-29(25)36)35-31(21-12-6-3-7-13-21,22-14-8-4-9-15-22)23-16-10-5-11-17-23/h3-17,19-20,24,26-27,30,43H,18H2,1-2H3,(H,37,38)(H,32,33,35)/t24-,26?,27+,30-/m1/s1. The van der Waals surface area contributed by atoms with E-state index in [1.54, 1.807) is 18.0 Å². The number of imidazole rings is 1. The van der Waals surface area contributed by atoms with E-state index < -0.39 is 38.3 Å². The molecule has 1 fully saturated rings. The van der Waals surface area contributed by atoms with Crippen LogP contribution in [0.25, 0.3) is 11.2 Å². The van der Waals surface area contributed by atoms with Gasteiger partial charge in [-0.05, 0) is 16.7 Å². The van der Waals surface area contributed by atoms with Crippen LogP contribution in [0.15, 0.2) is 104 Å². The summed E-state index contributed by atoms with van der Waals surface area (Å²) in [5.74, 6) is 0.523. The van der Waals surface area contributed by atoms with E-state index in [2.05, 4.69) is 51.7 Å². The van der Waals surface area contributed by atoms with Gasteiger partial charge in [0.25, 0.3) is 0 Å². The van der Waals surface area contributed by atoms with Gasteiger partial charge in [-0.1, -0.05) is 91.0 Å². The Hall–Kier alpha value is -3.96. The van der Waals surface area contributed by atoms with Crippen LogP contribution in [-0.4, -0.2) is 63.6 Å². The second kappa shape index (κ2) is 12.7. The molecular formula is C31H32N5O6P. The molecule has 12 heteroatoms. The molecule has 1 aliphatic rings. The van der Waals surface area contributed by atoms with E-state index in [1.165, 1.54) is 13.4 Å². The summed E-state index contributed by atoms with van der Waals surface area (Å²) in [5, 5.41) is 3.77. The smallest absolute Gasteiger partial charge is 0.316 e. The molecule has 2 N–H and O–H groups in total. The third-order valence-electron chi connectivity index (χ3n) is 7.76. The van der Waals surface area contributed by atoms with Gasteiger partial charge in [0.2, 0.25) is 0 Å². The first-order chi connectivity index (χ1) is 21.1. The summed E-state index contributed by atoms with van der Waals surface area (Å²) < 4.78 is 35.7. The van der Waals surface area contributed by atoms with E-state index in [9.17, 15) is 9.46 Å². The number of benzene rings is 3. The van der Waals surface area contributed by atoms with Crippen molar-refractivity contribution in [1.29, 1.82) is 0 Å². The summed E-state index contributed by atoms with van der Waals surface area (Å²) in [4.78, 5) is 23.2. The third kappa shape index (κ3) is 5.47. The van der Waals surface area contributed by atoms with E-state index in [0.717, 1.165) is 16.7 Å². The zero-order valence-corrected chi connectivity index (χ0v) is 24.6. The molecule has 1 aliphatic heterocycles. The quantitative estimate of drug-likeness (QED) is 0.164. The molecule has 3 heterocycles. The number of aromatic nitrogens is 4. The van der Waals surface area contributed by atoms with Crippen molar-refractivity contribution in [3.63, 3.8) is 0 Å². The molecule has 43 heavy (non-hydrogen) atoms. The number of hydrogen-bond acceptors (Lipinski definition) is 9. The van der Waals surface area contributed by atoms with Gasteiger partial charge in [0, 0.05) is 14.2 Å². The molecular weight excluding hydrogens is 569 g/mol. The maximum Gasteiger partial charge on any atom is 0.316 e. The second-order valence-electron chi connectivity index (χ2n) is 10.1. The van der Waals surface area contributed by atoms with Crippen molar-refractivity contribution >= 4 is 25.2 Å². The predicted octanol–water partition coefficient (Wildman–Crippen LogP) is 4.56. The number of rotatable bonds is 11. The Morgan fingerprint density at radius 1 is 0.860 bits per heavy atom. The van der Waals surface area contributed by atoms with Crippen LogP contribution in [0, 0.1) is 0 Å². The maximum atomic E-state index is 11.2. The minimum Gasteiger partial charge on any atom is -0.376 e. The average Bonchev–Trinajstić information content (AvgIpc) is 3.65. The van der Waals surface area contributed by atoms with Crippen molar-refractivity contribution in [2.45, 2.75) is 30.1 Å². The minimum atomic E-state index is -3.15. The first-order valence-electron chi connectivity index (χ1n) is 13.8. The van der Waals surface area contributed by atoms with Crippen LogP contribution in [-0.2, 0) is 28.8 Å². The summed E-state index contributed by atoms with van der Waals surface area (Å²) in [5.41, 5.74) is 3.28. The highest BCUT2D eigenvalue weighted by Crippen LogP contribution is 2.41. The van der Waals surface area contributed by atoms with Crippen molar-refractivity contribution in [3.05, 3.63) is 120 Å². The number of methoxy groups -OCH3 is 2. The fourth-order valence-electron chi connectivity index (χ4n) is 5.84. The molecule has 2 aromatic heterocycles. The molecule has 0 radical (unpaired) electrons. The van der Waals surface area contributed by atoms with Gasteiger partial charge >= 0.3 is 8.25 Å². The summed E-state index contributed by atoms with van der Waals surface area (Å²) in [6.07, 6.45) is 0.633. The topological polar surface area (TPSA) is 130 Å². The van der Waals surface area contributed by atoms with Gasteiger partial charge in [-0.2, -0.15) is 0 Å². The van der Waals surface area contributed by atoms with Gasteiger partial charge in [0.1, 0.15) is 30.2 Å². The van der Waals surface area contributed by atoms with Gasteiger partial charge in [0.05, 0.1) is 12.9 Å². The molecule has 222 valence electrons. The van der Waals surface area contributed by atoms with Crippen LogP contribution in [0.5, 0.6) is 0 Å². The molecule has 6 rings (SSSR count). The summed E-state index contributed by atoms with van der Waals surface area (Å²) in [6.45, 7) is -0.134. The second-order valence-corrected chi connectivity index (χ2v) is 10.9. The normalized spacial score (nSPS) is 21.2. The number of fused-ring (bicyclic) bond motifs is 1. The van der Waals surface area contributed by atoms with Crippen molar-refractivity contribution in [1.82, 2.24) is 19.5 Å². The van der Waals surface area contributed by atoms with Crippen LogP contribution in [0.2, 0.25) is 0 Å². The molecule has 0 bridgehead atoms. The van der Waals surface area contributed by atoms with Crippen molar-refractivity contribution in [2.75, 3.05) is 26.1 Å². The fourth-order valence-corrected chi connectivity index (χ4v) is 6.15. The van der Waals surface area contributed by atoms with Crippen molar-refractivity contribution in [2.24, 2.45) is 0 Å². The summed E-state index contributed by atoms with van der Waals surface area (Å²) >= 11 is 0. The Bertz CT molecular complexity index is 1580. The maximum absolute atomic E-state index is 11.2. The Morgan fingerprint density at radius 3 is 1.93 bits per heavy atom. The fraction of sp³-hybridized carbons (Fsp3) is 0.258. The Kier molecular flexibility index (Phi) is 8.62. The van der Waals surface area contributed by atoms with Gasteiger partial charge in [-0.25, -0.2) is 15.0 Å². The lowest BCUT2D eigenvalue weighted by Gasteiger charge is -2.37. The summed E-state index contributed by atoms with van der Waals surface area (Å²) in [7, 11) is -0.0595. The van der Waals surface area contributed by atoms with Crippen LogP contribution in [0.1, 0.15) is 22.9 Å². The average molecular weight is 602 g/mol. The predicted molar refractivity (Wildman–Crippen MR) is 161 cm³/mol. The molecule has 11 nitrogen and oxygen atoms in total. The lowest BCUT2D eigenvalue weighted by Crippen LogP contribution is -2.38. The SMILES string of the molecule is COC1[C@@H](CO[PH](=O)O)O[C@@H](n2cnc3c(NC(c4ccccc4)(c4ccccc4)c4ccccc4)ncnc32)[C@H]1OC.